The Bertz CT molecular complexity index is 909. The van der Waals surface area contributed by atoms with Crippen molar-refractivity contribution in [2.75, 3.05) is 24.5 Å². The Labute approximate surface area is 200 Å². The number of nitrogens with one attached hydrogen (secondary N) is 1. The highest BCUT2D eigenvalue weighted by molar-refractivity contribution is 14.1. The van der Waals surface area contributed by atoms with Crippen molar-refractivity contribution in [2.24, 2.45) is 0 Å². The second-order valence-electron chi connectivity index (χ2n) is 7.61. The Morgan fingerprint density at radius 2 is 1.87 bits per heavy atom. The molecular formula is C23H31IN2O4S. The molecule has 1 aliphatic heterocycles. The normalized spacial score (nSPS) is 18.0. The van der Waals surface area contributed by atoms with Gasteiger partial charge in [0.15, 0.2) is 0 Å². The molecule has 2 aromatic carbocycles. The fraction of sp³-hybridized carbons (Fsp3) is 0.435. The Morgan fingerprint density at radius 1 is 1.13 bits per heavy atom. The number of carbonyl (C=O) groups excluding carboxylic acids is 1. The van der Waals surface area contributed by atoms with Crippen molar-refractivity contribution in [1.29, 1.82) is 0 Å². The molecule has 1 atom stereocenters. The summed E-state index contributed by atoms with van der Waals surface area (Å²) in [7, 11) is -1.40. The highest BCUT2D eigenvalue weighted by atomic mass is 127. The average molecular weight is 558 g/mol. The van der Waals surface area contributed by atoms with Crippen LogP contribution in [0.15, 0.2) is 47.4 Å². The number of rotatable bonds is 9. The fourth-order valence-electron chi connectivity index (χ4n) is 3.90. The van der Waals surface area contributed by atoms with Crippen LogP contribution in [0.25, 0.3) is 0 Å². The highest BCUT2D eigenvalue weighted by Gasteiger charge is 2.35. The molecule has 0 spiro atoms. The van der Waals surface area contributed by atoms with Gasteiger partial charge in [-0.3, -0.25) is 18.2 Å². The summed E-state index contributed by atoms with van der Waals surface area (Å²) in [5.74, 6) is -0.120. The van der Waals surface area contributed by atoms with Gasteiger partial charge in [-0.1, -0.05) is 47.9 Å². The number of hydrogen-bond acceptors (Lipinski definition) is 6. The minimum Gasteiger partial charge on any atom is -0.466 e. The van der Waals surface area contributed by atoms with Gasteiger partial charge in [0.05, 0.1) is 23.2 Å². The topological polar surface area (TPSA) is 82.0 Å². The van der Waals surface area contributed by atoms with Crippen LogP contribution in [0.3, 0.4) is 0 Å². The molecular weight excluding hydrogens is 527 g/mol. The molecule has 0 fully saturated rings. The van der Waals surface area contributed by atoms with E-state index < -0.39 is 10.8 Å². The Hall–Kier alpha value is -1.33. The maximum Gasteiger partial charge on any atom is 0.305 e. The molecule has 0 saturated heterocycles. The van der Waals surface area contributed by atoms with Gasteiger partial charge in [-0.25, -0.2) is 0 Å². The third kappa shape index (κ3) is 5.73. The van der Waals surface area contributed by atoms with Crippen molar-refractivity contribution in [2.45, 2.75) is 50.0 Å². The van der Waals surface area contributed by atoms with Crippen LogP contribution in [0.5, 0.6) is 0 Å². The van der Waals surface area contributed by atoms with Crippen LogP contribution in [0.4, 0.5) is 5.69 Å². The van der Waals surface area contributed by atoms with Crippen molar-refractivity contribution < 1.29 is 18.6 Å². The molecule has 31 heavy (non-hydrogen) atoms. The minimum absolute atomic E-state index is 0.120. The summed E-state index contributed by atoms with van der Waals surface area (Å²) in [5, 5.41) is 3.64. The number of nitrogens with zero attached hydrogens (tertiary/aromatic N) is 1. The number of ether oxygens (including phenoxy) is 1. The molecule has 0 amide bonds. The third-order valence-electron chi connectivity index (χ3n) is 5.51. The summed E-state index contributed by atoms with van der Waals surface area (Å²) >= 11 is 2.21. The van der Waals surface area contributed by atoms with Crippen molar-refractivity contribution >= 4 is 45.0 Å². The van der Waals surface area contributed by atoms with Gasteiger partial charge in [-0.2, -0.15) is 0 Å². The fourth-order valence-corrected chi connectivity index (χ4v) is 6.13. The van der Waals surface area contributed by atoms with Crippen LogP contribution in [-0.4, -0.2) is 35.3 Å². The maximum absolute atomic E-state index is 11.4. The van der Waals surface area contributed by atoms with E-state index in [0.717, 1.165) is 52.6 Å². The molecule has 170 valence electrons. The van der Waals surface area contributed by atoms with Gasteiger partial charge in [-0.15, -0.1) is 0 Å². The summed E-state index contributed by atoms with van der Waals surface area (Å²) < 4.78 is 29.8. The smallest absolute Gasteiger partial charge is 0.305 e. The second kappa shape index (κ2) is 11.0. The first-order valence-corrected chi connectivity index (χ1v) is 13.2. The molecule has 0 bridgehead atoms. The first-order valence-electron chi connectivity index (χ1n) is 10.7. The number of halogens is 1. The average Bonchev–Trinajstić information content (AvgIpc) is 2.81. The van der Waals surface area contributed by atoms with Crippen molar-refractivity contribution in [3.8, 4) is 0 Å². The summed E-state index contributed by atoms with van der Waals surface area (Å²) in [6, 6.07) is 13.6. The zero-order valence-corrected chi connectivity index (χ0v) is 21.0. The number of anilines is 1. The largest absolute Gasteiger partial charge is 0.466 e. The maximum atomic E-state index is 11.4. The lowest BCUT2D eigenvalue weighted by Crippen LogP contribution is -2.24. The van der Waals surface area contributed by atoms with Gasteiger partial charge >= 0.3 is 5.97 Å². The van der Waals surface area contributed by atoms with Gasteiger partial charge in [0.1, 0.15) is 0 Å². The van der Waals surface area contributed by atoms with Gasteiger partial charge in [0.25, 0.3) is 0 Å². The first kappa shape index (κ1) is 24.3. The SMILES string of the molecule is CCOC(=O)CCCCCCNC1c2ccccc2N(C)S(O)(O)c2cc(I)ccc21. The van der Waals surface area contributed by atoms with E-state index in [0.29, 0.717) is 17.9 Å². The number of hydrogen-bond donors (Lipinski definition) is 3. The summed E-state index contributed by atoms with van der Waals surface area (Å²) in [6.07, 6.45) is 4.31. The molecule has 0 saturated carbocycles. The van der Waals surface area contributed by atoms with E-state index in [9.17, 15) is 13.9 Å². The molecule has 1 aliphatic rings. The molecule has 0 aromatic heterocycles. The summed E-state index contributed by atoms with van der Waals surface area (Å²) in [5.41, 5.74) is 2.76. The van der Waals surface area contributed by atoms with Crippen LogP contribution in [-0.2, 0) is 9.53 Å². The minimum atomic E-state index is -3.14. The Kier molecular flexibility index (Phi) is 8.63. The number of benzene rings is 2. The van der Waals surface area contributed by atoms with Crippen molar-refractivity contribution in [3.63, 3.8) is 0 Å². The van der Waals surface area contributed by atoms with E-state index in [1.807, 2.05) is 49.4 Å². The Balaban J connectivity index is 1.71. The van der Waals surface area contributed by atoms with Gasteiger partial charge in [0.2, 0.25) is 0 Å². The van der Waals surface area contributed by atoms with Gasteiger partial charge < -0.3 is 10.1 Å². The van der Waals surface area contributed by atoms with E-state index in [1.165, 1.54) is 0 Å². The predicted octanol–water partition coefficient (Wildman–Crippen LogP) is 5.96. The molecule has 0 aliphatic carbocycles. The van der Waals surface area contributed by atoms with Crippen LogP contribution in [0.2, 0.25) is 0 Å². The lowest BCUT2D eigenvalue weighted by atomic mass is 9.96. The van der Waals surface area contributed by atoms with Crippen LogP contribution in [0, 0.1) is 3.57 Å². The van der Waals surface area contributed by atoms with E-state index in [4.69, 9.17) is 4.74 Å². The third-order valence-corrected chi connectivity index (χ3v) is 8.09. The monoisotopic (exact) mass is 558 g/mol. The quantitative estimate of drug-likeness (QED) is 0.200. The van der Waals surface area contributed by atoms with Crippen molar-refractivity contribution in [1.82, 2.24) is 5.32 Å². The van der Waals surface area contributed by atoms with Crippen LogP contribution >= 0.6 is 33.4 Å². The summed E-state index contributed by atoms with van der Waals surface area (Å²) in [6.45, 7) is 3.06. The van der Waals surface area contributed by atoms with Gasteiger partial charge in [0, 0.05) is 17.0 Å². The number of fused-ring (bicyclic) bond motifs is 2. The lowest BCUT2D eigenvalue weighted by Gasteiger charge is -2.41. The zero-order valence-electron chi connectivity index (χ0n) is 18.0. The predicted molar refractivity (Wildman–Crippen MR) is 135 cm³/mol. The molecule has 6 nitrogen and oxygen atoms in total. The van der Waals surface area contributed by atoms with Crippen molar-refractivity contribution in [3.05, 3.63) is 57.2 Å². The number of unbranched alkanes of at least 4 members (excludes halogenated alkanes) is 3. The molecule has 1 unspecified atom stereocenters. The van der Waals surface area contributed by atoms with E-state index in [1.54, 1.807) is 11.4 Å². The number of para-hydroxylation sites is 1. The number of carbonyl (C=O) groups is 1. The van der Waals surface area contributed by atoms with E-state index in [-0.39, 0.29) is 12.0 Å². The number of esters is 1. The lowest BCUT2D eigenvalue weighted by molar-refractivity contribution is -0.143. The molecule has 8 heteroatoms. The van der Waals surface area contributed by atoms with Gasteiger partial charge in [-0.05, 0) is 78.2 Å². The molecule has 0 radical (unpaired) electrons. The first-order chi connectivity index (χ1) is 14.9. The molecule has 2 aromatic rings. The molecule has 3 N–H and O–H groups in total. The highest BCUT2D eigenvalue weighted by Crippen LogP contribution is 2.59. The Morgan fingerprint density at radius 3 is 2.65 bits per heavy atom. The zero-order chi connectivity index (χ0) is 22.4. The standard InChI is InChI=1S/C23H31IN2O4S/c1-3-30-22(27)12-6-4-5-9-15-25-23-18-10-7-8-11-20(18)26(2)31(28,29)21-16-17(24)13-14-19(21)23/h7-8,10-11,13-14,16,23,25,28-29H,3-6,9,12,15H2,1-2H3. The van der Waals surface area contributed by atoms with Crippen LogP contribution < -0.4 is 9.62 Å². The molecule has 3 rings (SSSR count). The molecule has 1 heterocycles. The van der Waals surface area contributed by atoms with E-state index >= 15 is 0 Å². The van der Waals surface area contributed by atoms with Crippen LogP contribution in [0.1, 0.15) is 56.2 Å². The summed E-state index contributed by atoms with van der Waals surface area (Å²) in [4.78, 5) is 12.0. The second-order valence-corrected chi connectivity index (χ2v) is 10.9. The van der Waals surface area contributed by atoms with E-state index in [2.05, 4.69) is 27.9 Å².